The molecule has 3 aliphatic rings. The number of fused-ring (bicyclic) bond motifs is 3. The molecule has 42 heavy (non-hydrogen) atoms. The van der Waals surface area contributed by atoms with Gasteiger partial charge in [-0.05, 0) is 26.8 Å². The number of rotatable bonds is 10. The van der Waals surface area contributed by atoms with Crippen molar-refractivity contribution in [2.45, 2.75) is 57.3 Å². The molecular weight excluding hydrogens is 569 g/mol. The summed E-state index contributed by atoms with van der Waals surface area (Å²) in [6.45, 7) is 9.42. The number of nitrogens with zero attached hydrogens (tertiary/aromatic N) is 1. The fraction of sp³-hybridized carbons (Fsp3) is 0.793. The highest BCUT2D eigenvalue weighted by molar-refractivity contribution is 7.53. The van der Waals surface area contributed by atoms with Gasteiger partial charge in [0.25, 0.3) is 0 Å². The molecular formula is C29H48NO11P. The van der Waals surface area contributed by atoms with Crippen molar-refractivity contribution in [2.75, 3.05) is 92.4 Å². The quantitative estimate of drug-likeness (QED) is 0.359. The molecule has 12 nitrogen and oxygen atoms in total. The Balaban J connectivity index is 1.34. The normalized spacial score (nSPS) is 30.9. The molecule has 3 heterocycles. The fourth-order valence-corrected chi connectivity index (χ4v) is 6.99. The van der Waals surface area contributed by atoms with E-state index in [0.29, 0.717) is 85.1 Å². The maximum absolute atomic E-state index is 12.8. The van der Waals surface area contributed by atoms with E-state index in [4.69, 9.17) is 46.9 Å². The van der Waals surface area contributed by atoms with E-state index in [1.54, 1.807) is 7.11 Å². The van der Waals surface area contributed by atoms with E-state index in [9.17, 15) is 4.57 Å². The number of hydrogen-bond acceptors (Lipinski definition) is 12. The van der Waals surface area contributed by atoms with Gasteiger partial charge in [0.1, 0.15) is 24.4 Å². The zero-order chi connectivity index (χ0) is 29.6. The first-order chi connectivity index (χ1) is 20.6. The number of hydrogen-bond donors (Lipinski definition) is 0. The summed E-state index contributed by atoms with van der Waals surface area (Å²) in [7, 11) is -1.47. The third kappa shape index (κ3) is 10.0. The second-order valence-corrected chi connectivity index (χ2v) is 12.4. The van der Waals surface area contributed by atoms with E-state index in [1.807, 2.05) is 44.2 Å². The van der Waals surface area contributed by atoms with Crippen LogP contribution in [0.4, 0.5) is 0 Å². The van der Waals surface area contributed by atoms with Gasteiger partial charge in [-0.3, -0.25) is 9.46 Å². The lowest BCUT2D eigenvalue weighted by Crippen LogP contribution is -2.63. The summed E-state index contributed by atoms with van der Waals surface area (Å²) in [5, 5.41) is 0. The number of ether oxygens (including phenoxy) is 8. The summed E-state index contributed by atoms with van der Waals surface area (Å²) in [5.74, 6) is 0. The molecule has 240 valence electrons. The maximum atomic E-state index is 12.8. The summed E-state index contributed by atoms with van der Waals surface area (Å²) < 4.78 is 72.4. The molecule has 3 aliphatic heterocycles. The predicted molar refractivity (Wildman–Crippen MR) is 154 cm³/mol. The van der Waals surface area contributed by atoms with Gasteiger partial charge in [0.15, 0.2) is 12.6 Å². The van der Waals surface area contributed by atoms with Gasteiger partial charge in [-0.25, -0.2) is 0 Å². The minimum Gasteiger partial charge on any atom is -0.378 e. The minimum absolute atomic E-state index is 0.339. The molecule has 3 saturated heterocycles. The Labute approximate surface area is 249 Å². The van der Waals surface area contributed by atoms with Crippen molar-refractivity contribution in [3.63, 3.8) is 0 Å². The molecule has 3 fully saturated rings. The van der Waals surface area contributed by atoms with Gasteiger partial charge in [-0.15, -0.1) is 0 Å². The van der Waals surface area contributed by atoms with Gasteiger partial charge >= 0.3 is 7.60 Å². The Morgan fingerprint density at radius 1 is 0.833 bits per heavy atom. The Bertz CT molecular complexity index is 918. The first-order valence-corrected chi connectivity index (χ1v) is 16.8. The fourth-order valence-electron chi connectivity index (χ4n) is 5.34. The van der Waals surface area contributed by atoms with E-state index in [-0.39, 0.29) is 6.10 Å². The van der Waals surface area contributed by atoms with E-state index < -0.39 is 38.5 Å². The van der Waals surface area contributed by atoms with Crippen LogP contribution in [0, 0.1) is 0 Å². The predicted octanol–water partition coefficient (Wildman–Crippen LogP) is 3.25. The average Bonchev–Trinajstić information content (AvgIpc) is 3.01. The highest BCUT2D eigenvalue weighted by Crippen LogP contribution is 2.48. The van der Waals surface area contributed by atoms with Gasteiger partial charge in [-0.1, -0.05) is 30.3 Å². The maximum Gasteiger partial charge on any atom is 0.330 e. The second-order valence-electron chi connectivity index (χ2n) is 10.2. The Morgan fingerprint density at radius 3 is 2.14 bits per heavy atom. The largest absolute Gasteiger partial charge is 0.378 e. The van der Waals surface area contributed by atoms with Crippen LogP contribution in [0.15, 0.2) is 30.3 Å². The van der Waals surface area contributed by atoms with Gasteiger partial charge in [0, 0.05) is 25.8 Å². The van der Waals surface area contributed by atoms with Crippen LogP contribution >= 0.6 is 7.60 Å². The standard InChI is InChI=1S/C29H48NO11P/c1-4-38-42(31,39-5-2)21-9-12-30-13-15-33-17-19-35-26-25-24(22-37-28(41-25)23-10-7-6-8-11-23)40-29(32-3)27(26)36-20-18-34-16-14-30/h6-8,10-11,24-29H,4-5,9,12-22H2,1-3H3/t24-,25-,26+,27-,28?,29+/m1/s1. The highest BCUT2D eigenvalue weighted by atomic mass is 31.2. The lowest BCUT2D eigenvalue weighted by atomic mass is 9.97. The molecule has 1 aromatic rings. The van der Waals surface area contributed by atoms with Crippen LogP contribution in [0.25, 0.3) is 0 Å². The van der Waals surface area contributed by atoms with Crippen LogP contribution in [0.1, 0.15) is 32.1 Å². The highest BCUT2D eigenvalue weighted by Gasteiger charge is 2.51. The summed E-state index contributed by atoms with van der Waals surface area (Å²) in [4.78, 5) is 2.24. The molecule has 0 aromatic heterocycles. The number of benzene rings is 1. The Morgan fingerprint density at radius 2 is 1.50 bits per heavy atom. The summed E-state index contributed by atoms with van der Waals surface area (Å²) >= 11 is 0. The van der Waals surface area contributed by atoms with Crippen molar-refractivity contribution >= 4 is 7.60 Å². The monoisotopic (exact) mass is 617 g/mol. The average molecular weight is 618 g/mol. The molecule has 6 atom stereocenters. The molecule has 0 radical (unpaired) electrons. The molecule has 4 rings (SSSR count). The van der Waals surface area contributed by atoms with Crippen molar-refractivity contribution in [3.05, 3.63) is 35.9 Å². The molecule has 0 saturated carbocycles. The zero-order valence-corrected chi connectivity index (χ0v) is 26.0. The van der Waals surface area contributed by atoms with Crippen LogP contribution in [0.3, 0.4) is 0 Å². The minimum atomic E-state index is -3.06. The smallest absolute Gasteiger partial charge is 0.330 e. The van der Waals surface area contributed by atoms with Crippen LogP contribution in [0.2, 0.25) is 0 Å². The van der Waals surface area contributed by atoms with E-state index in [0.717, 1.165) is 12.1 Å². The first-order valence-electron chi connectivity index (χ1n) is 15.1. The van der Waals surface area contributed by atoms with E-state index in [2.05, 4.69) is 4.90 Å². The van der Waals surface area contributed by atoms with Crippen molar-refractivity contribution in [1.29, 1.82) is 0 Å². The van der Waals surface area contributed by atoms with Crippen molar-refractivity contribution in [1.82, 2.24) is 4.90 Å². The molecule has 0 N–H and O–H groups in total. The topological polar surface area (TPSA) is 113 Å². The molecule has 13 heteroatoms. The van der Waals surface area contributed by atoms with Crippen molar-refractivity contribution in [2.24, 2.45) is 0 Å². The molecule has 0 aliphatic carbocycles. The first kappa shape index (κ1) is 33.9. The third-order valence-corrected chi connectivity index (χ3v) is 9.49. The van der Waals surface area contributed by atoms with Crippen molar-refractivity contribution < 1.29 is 51.5 Å². The van der Waals surface area contributed by atoms with Gasteiger partial charge in [0.05, 0.1) is 65.6 Å². The zero-order valence-electron chi connectivity index (χ0n) is 25.1. The molecule has 1 unspecified atom stereocenters. The summed E-state index contributed by atoms with van der Waals surface area (Å²) in [5.41, 5.74) is 0.930. The number of methoxy groups -OCH3 is 1. The molecule has 0 amide bonds. The molecule has 0 bridgehead atoms. The second kappa shape index (κ2) is 18.1. The summed E-state index contributed by atoms with van der Waals surface area (Å²) in [6, 6.07) is 9.82. The Hall–Kier alpha value is -0.990. The van der Waals surface area contributed by atoms with Gasteiger partial charge in [-0.2, -0.15) is 0 Å². The third-order valence-electron chi connectivity index (χ3n) is 7.33. The lowest BCUT2D eigenvalue weighted by Gasteiger charge is -2.48. The van der Waals surface area contributed by atoms with Crippen LogP contribution in [-0.2, 0) is 51.5 Å². The Kier molecular flexibility index (Phi) is 14.6. The lowest BCUT2D eigenvalue weighted by molar-refractivity contribution is -0.368. The van der Waals surface area contributed by atoms with Gasteiger partial charge in [0.2, 0.25) is 0 Å². The SMILES string of the molecule is CCOP(=O)(CCCN1CCOCCO[C@@H]2[C@@H](OCCOCC1)[C@@H](OC)O[C@@H]1COC(c3ccccc3)O[C@@H]21)OCC. The van der Waals surface area contributed by atoms with Crippen LogP contribution in [-0.4, -0.2) is 128 Å². The van der Waals surface area contributed by atoms with Crippen LogP contribution < -0.4 is 0 Å². The molecule has 0 spiro atoms. The van der Waals surface area contributed by atoms with Crippen molar-refractivity contribution in [3.8, 4) is 0 Å². The molecule has 1 aromatic carbocycles. The summed E-state index contributed by atoms with van der Waals surface area (Å²) in [6.07, 6.45) is -1.89. The van der Waals surface area contributed by atoms with E-state index in [1.165, 1.54) is 0 Å². The van der Waals surface area contributed by atoms with Crippen LogP contribution in [0.5, 0.6) is 0 Å². The van der Waals surface area contributed by atoms with Gasteiger partial charge < -0.3 is 46.9 Å². The van der Waals surface area contributed by atoms with E-state index >= 15 is 0 Å².